The van der Waals surface area contributed by atoms with Crippen LogP contribution in [0.1, 0.15) is 47.5 Å². The molecule has 98 valence electrons. The molecule has 1 aliphatic rings. The van der Waals surface area contributed by atoms with Crippen LogP contribution in [0.25, 0.3) is 0 Å². The molecular weight excluding hydrogens is 216 g/mol. The Morgan fingerprint density at radius 2 is 1.76 bits per heavy atom. The monoisotopic (exact) mass is 240 g/mol. The van der Waals surface area contributed by atoms with Crippen molar-refractivity contribution in [1.82, 2.24) is 10.2 Å². The molecule has 1 N–H and O–H groups in total. The molecule has 0 aromatic heterocycles. The molecule has 4 heteroatoms. The van der Waals surface area contributed by atoms with Gasteiger partial charge in [0.15, 0.2) is 0 Å². The van der Waals surface area contributed by atoms with Gasteiger partial charge in [-0.3, -0.25) is 9.59 Å². The highest BCUT2D eigenvalue weighted by molar-refractivity contribution is 5.99. The zero-order valence-electron chi connectivity index (χ0n) is 11.5. The lowest BCUT2D eigenvalue weighted by molar-refractivity contribution is -0.159. The number of hydrogen-bond acceptors (Lipinski definition) is 2. The number of nitrogens with one attached hydrogen (secondary N) is 1. The summed E-state index contributed by atoms with van der Waals surface area (Å²) >= 11 is 0. The second-order valence-electron chi connectivity index (χ2n) is 5.02. The predicted octanol–water partition coefficient (Wildman–Crippen LogP) is 1.55. The summed E-state index contributed by atoms with van der Waals surface area (Å²) in [6.45, 7) is 10.4. The number of piperazine rings is 1. The van der Waals surface area contributed by atoms with E-state index >= 15 is 0 Å². The van der Waals surface area contributed by atoms with Crippen molar-refractivity contribution in [2.24, 2.45) is 5.92 Å². The number of amides is 2. The van der Waals surface area contributed by atoms with Crippen LogP contribution < -0.4 is 5.32 Å². The molecule has 4 nitrogen and oxygen atoms in total. The van der Waals surface area contributed by atoms with Crippen LogP contribution in [0, 0.1) is 5.92 Å². The highest BCUT2D eigenvalue weighted by Gasteiger charge is 2.50. The minimum Gasteiger partial charge on any atom is -0.342 e. The summed E-state index contributed by atoms with van der Waals surface area (Å²) in [7, 11) is 0. The number of hydrogen-bond donors (Lipinski definition) is 1. The van der Waals surface area contributed by atoms with Crippen molar-refractivity contribution >= 4 is 11.8 Å². The average molecular weight is 240 g/mol. The third-order valence-corrected chi connectivity index (χ3v) is 3.91. The van der Waals surface area contributed by atoms with Crippen molar-refractivity contribution in [1.29, 1.82) is 0 Å². The summed E-state index contributed by atoms with van der Waals surface area (Å²) in [5.74, 6) is 0.195. The molecule has 1 rings (SSSR count). The van der Waals surface area contributed by atoms with E-state index in [4.69, 9.17) is 0 Å². The first-order valence-corrected chi connectivity index (χ1v) is 6.57. The van der Waals surface area contributed by atoms with Crippen molar-refractivity contribution in [2.45, 2.75) is 59.0 Å². The van der Waals surface area contributed by atoms with Crippen LogP contribution in [0.4, 0.5) is 0 Å². The lowest BCUT2D eigenvalue weighted by Gasteiger charge is -2.48. The molecule has 0 aromatic carbocycles. The average Bonchev–Trinajstić information content (AvgIpc) is 2.30. The van der Waals surface area contributed by atoms with Gasteiger partial charge in [-0.05, 0) is 25.7 Å². The van der Waals surface area contributed by atoms with E-state index in [-0.39, 0.29) is 23.8 Å². The fourth-order valence-corrected chi connectivity index (χ4v) is 2.70. The van der Waals surface area contributed by atoms with Crippen LogP contribution in [0.3, 0.4) is 0 Å². The van der Waals surface area contributed by atoms with Crippen LogP contribution in [0.2, 0.25) is 0 Å². The Kier molecular flexibility index (Phi) is 4.17. The molecule has 0 radical (unpaired) electrons. The second kappa shape index (κ2) is 5.07. The summed E-state index contributed by atoms with van der Waals surface area (Å²) in [6, 6.07) is -0.367. The van der Waals surface area contributed by atoms with Gasteiger partial charge in [0.2, 0.25) is 11.8 Å². The Bertz CT molecular complexity index is 309. The van der Waals surface area contributed by atoms with Gasteiger partial charge in [0.25, 0.3) is 0 Å². The molecule has 0 aliphatic carbocycles. The van der Waals surface area contributed by atoms with Crippen LogP contribution in [-0.2, 0) is 9.59 Å². The molecule has 17 heavy (non-hydrogen) atoms. The van der Waals surface area contributed by atoms with Gasteiger partial charge in [-0.15, -0.1) is 0 Å². The van der Waals surface area contributed by atoms with Crippen molar-refractivity contribution in [3.63, 3.8) is 0 Å². The minimum atomic E-state index is -0.642. The molecule has 1 aliphatic heterocycles. The Morgan fingerprint density at radius 3 is 2.12 bits per heavy atom. The maximum Gasteiger partial charge on any atom is 0.246 e. The van der Waals surface area contributed by atoms with E-state index in [2.05, 4.69) is 5.32 Å². The van der Waals surface area contributed by atoms with Gasteiger partial charge >= 0.3 is 0 Å². The molecule has 0 saturated carbocycles. The summed E-state index contributed by atoms with van der Waals surface area (Å²) < 4.78 is 0. The second-order valence-corrected chi connectivity index (χ2v) is 5.02. The highest BCUT2D eigenvalue weighted by atomic mass is 16.2. The third-order valence-electron chi connectivity index (χ3n) is 3.91. The first-order valence-electron chi connectivity index (χ1n) is 6.57. The number of nitrogens with zero attached hydrogens (tertiary/aromatic N) is 1. The fraction of sp³-hybridized carbons (Fsp3) is 0.846. The van der Waals surface area contributed by atoms with Gasteiger partial charge in [-0.25, -0.2) is 0 Å². The van der Waals surface area contributed by atoms with Crippen LogP contribution >= 0.6 is 0 Å². The molecule has 0 bridgehead atoms. The standard InChI is InChI=1S/C13H24N2O2/c1-6-13(7-2)12(17)14-10(9(4)5)11(16)15(13)8-3/h9-10H,6-8H2,1-5H3,(H,14,17). The van der Waals surface area contributed by atoms with E-state index in [1.54, 1.807) is 4.90 Å². The number of carbonyl (C=O) groups is 2. The van der Waals surface area contributed by atoms with Gasteiger partial charge in [0.1, 0.15) is 11.6 Å². The maximum atomic E-state index is 12.4. The van der Waals surface area contributed by atoms with Gasteiger partial charge in [0.05, 0.1) is 0 Å². The molecule has 2 amide bonds. The van der Waals surface area contributed by atoms with E-state index in [0.717, 1.165) is 0 Å². The third kappa shape index (κ3) is 2.05. The topological polar surface area (TPSA) is 49.4 Å². The molecule has 1 heterocycles. The van der Waals surface area contributed by atoms with Crippen molar-refractivity contribution in [3.05, 3.63) is 0 Å². The van der Waals surface area contributed by atoms with Crippen LogP contribution in [-0.4, -0.2) is 34.8 Å². The van der Waals surface area contributed by atoms with E-state index < -0.39 is 5.54 Å². The van der Waals surface area contributed by atoms with Crippen LogP contribution in [0.15, 0.2) is 0 Å². The SMILES string of the molecule is CCN1C(=O)C(C(C)C)NC(=O)C1(CC)CC. The normalized spacial score (nSPS) is 24.1. The molecule has 1 saturated heterocycles. The molecule has 0 aromatic rings. The Hall–Kier alpha value is -1.06. The zero-order chi connectivity index (χ0) is 13.2. The smallest absolute Gasteiger partial charge is 0.246 e. The van der Waals surface area contributed by atoms with Gasteiger partial charge in [-0.2, -0.15) is 0 Å². The summed E-state index contributed by atoms with van der Waals surface area (Å²) in [4.78, 5) is 26.5. The number of likely N-dealkylation sites (N-methyl/N-ethyl adjacent to an activating group) is 1. The Labute approximate surface area is 104 Å². The van der Waals surface area contributed by atoms with E-state index in [0.29, 0.717) is 19.4 Å². The van der Waals surface area contributed by atoms with Crippen molar-refractivity contribution < 1.29 is 9.59 Å². The molecule has 1 fully saturated rings. The van der Waals surface area contributed by atoms with Gasteiger partial charge in [0, 0.05) is 6.54 Å². The lowest BCUT2D eigenvalue weighted by atomic mass is 9.84. The van der Waals surface area contributed by atoms with Crippen molar-refractivity contribution in [3.8, 4) is 0 Å². The molecule has 1 atom stereocenters. The number of rotatable bonds is 4. The lowest BCUT2D eigenvalue weighted by Crippen LogP contribution is -2.71. The molecular formula is C13H24N2O2. The number of carbonyl (C=O) groups excluding carboxylic acids is 2. The largest absolute Gasteiger partial charge is 0.342 e. The predicted molar refractivity (Wildman–Crippen MR) is 67.5 cm³/mol. The van der Waals surface area contributed by atoms with Crippen LogP contribution in [0.5, 0.6) is 0 Å². The van der Waals surface area contributed by atoms with Gasteiger partial charge < -0.3 is 10.2 Å². The zero-order valence-corrected chi connectivity index (χ0v) is 11.5. The summed E-state index contributed by atoms with van der Waals surface area (Å²) in [5.41, 5.74) is -0.642. The summed E-state index contributed by atoms with van der Waals surface area (Å²) in [5, 5.41) is 2.89. The van der Waals surface area contributed by atoms with E-state index in [1.165, 1.54) is 0 Å². The van der Waals surface area contributed by atoms with E-state index in [9.17, 15) is 9.59 Å². The molecule has 0 spiro atoms. The maximum absolute atomic E-state index is 12.4. The summed E-state index contributed by atoms with van der Waals surface area (Å²) in [6.07, 6.45) is 1.33. The van der Waals surface area contributed by atoms with Crippen molar-refractivity contribution in [2.75, 3.05) is 6.54 Å². The Morgan fingerprint density at radius 1 is 1.24 bits per heavy atom. The minimum absolute atomic E-state index is 0.00245. The quantitative estimate of drug-likeness (QED) is 0.810. The first kappa shape index (κ1) is 14.0. The van der Waals surface area contributed by atoms with Gasteiger partial charge in [-0.1, -0.05) is 27.7 Å². The Balaban J connectivity index is 3.13. The highest BCUT2D eigenvalue weighted by Crippen LogP contribution is 2.29. The fourth-order valence-electron chi connectivity index (χ4n) is 2.70. The molecule has 1 unspecified atom stereocenters. The van der Waals surface area contributed by atoms with E-state index in [1.807, 2.05) is 34.6 Å². The first-order chi connectivity index (χ1) is 7.94.